The lowest BCUT2D eigenvalue weighted by atomic mass is 9.88. The average molecular weight is 211 g/mol. The summed E-state index contributed by atoms with van der Waals surface area (Å²) in [5.74, 6) is 0.656. The van der Waals surface area contributed by atoms with E-state index in [9.17, 15) is 0 Å². The lowest BCUT2D eigenvalue weighted by Crippen LogP contribution is -1.97. The van der Waals surface area contributed by atoms with Crippen molar-refractivity contribution >= 4 is 10.8 Å². The zero-order chi connectivity index (χ0) is 11.4. The number of hydrogen-bond donors (Lipinski definition) is 0. The average Bonchev–Trinajstić information content (AvgIpc) is 2.35. The van der Waals surface area contributed by atoms with Crippen molar-refractivity contribution in [3.63, 3.8) is 0 Å². The van der Waals surface area contributed by atoms with Crippen LogP contribution >= 0.6 is 0 Å². The summed E-state index contributed by atoms with van der Waals surface area (Å²) in [6.45, 7) is 6.24. The molecule has 2 aromatic carbocycles. The topological polar surface area (TPSA) is 0 Å². The predicted octanol–water partition coefficient (Wildman–Crippen LogP) is 4.95. The highest BCUT2D eigenvalue weighted by Crippen LogP contribution is 2.30. The maximum atomic E-state index is 3.98. The van der Waals surface area contributed by atoms with Crippen molar-refractivity contribution in [1.29, 1.82) is 0 Å². The van der Waals surface area contributed by atoms with E-state index in [0.717, 1.165) is 6.42 Å². The molecule has 0 saturated heterocycles. The van der Waals surface area contributed by atoms with E-state index in [0.29, 0.717) is 5.92 Å². The molecule has 1 unspecified atom stereocenters. The van der Waals surface area contributed by atoms with E-state index in [1.807, 2.05) is 0 Å². The molecule has 2 aromatic rings. The SMILES string of the molecule is [CH2]CCC(CC)c1cccc2ccccc12. The van der Waals surface area contributed by atoms with Crippen LogP contribution in [0, 0.1) is 6.92 Å². The summed E-state index contributed by atoms with van der Waals surface area (Å²) in [5, 5.41) is 2.76. The molecule has 0 fully saturated rings. The van der Waals surface area contributed by atoms with Gasteiger partial charge in [-0.1, -0.05) is 62.7 Å². The summed E-state index contributed by atoms with van der Waals surface area (Å²) in [7, 11) is 0. The van der Waals surface area contributed by atoms with Crippen molar-refractivity contribution in [3.8, 4) is 0 Å². The van der Waals surface area contributed by atoms with Crippen molar-refractivity contribution in [2.75, 3.05) is 0 Å². The highest BCUT2D eigenvalue weighted by atomic mass is 14.1. The molecule has 1 radical (unpaired) electrons. The minimum Gasteiger partial charge on any atom is -0.0648 e. The summed E-state index contributed by atoms with van der Waals surface area (Å²) in [4.78, 5) is 0. The lowest BCUT2D eigenvalue weighted by molar-refractivity contribution is 0.616. The van der Waals surface area contributed by atoms with Crippen molar-refractivity contribution in [2.45, 2.75) is 32.1 Å². The minimum absolute atomic E-state index is 0.656. The Morgan fingerprint density at radius 1 is 1.06 bits per heavy atom. The fourth-order valence-electron chi connectivity index (χ4n) is 2.43. The molecule has 0 aliphatic heterocycles. The van der Waals surface area contributed by atoms with Gasteiger partial charge in [-0.3, -0.25) is 0 Å². The second-order valence-electron chi connectivity index (χ2n) is 4.32. The largest absolute Gasteiger partial charge is 0.0648 e. The van der Waals surface area contributed by atoms with Gasteiger partial charge in [0.25, 0.3) is 0 Å². The first-order valence-corrected chi connectivity index (χ1v) is 6.13. The van der Waals surface area contributed by atoms with Gasteiger partial charge in [0, 0.05) is 0 Å². The van der Waals surface area contributed by atoms with E-state index in [4.69, 9.17) is 0 Å². The van der Waals surface area contributed by atoms with Gasteiger partial charge in [0.1, 0.15) is 0 Å². The molecule has 0 nitrogen and oxygen atoms in total. The molecule has 0 heterocycles. The fourth-order valence-corrected chi connectivity index (χ4v) is 2.43. The fraction of sp³-hybridized carbons (Fsp3) is 0.312. The summed E-state index contributed by atoms with van der Waals surface area (Å²) in [6, 6.07) is 15.3. The van der Waals surface area contributed by atoms with Gasteiger partial charge < -0.3 is 0 Å². The molecule has 0 aliphatic rings. The molecule has 0 heteroatoms. The molecule has 0 aromatic heterocycles. The highest BCUT2D eigenvalue weighted by Gasteiger charge is 2.10. The Morgan fingerprint density at radius 3 is 2.56 bits per heavy atom. The number of benzene rings is 2. The van der Waals surface area contributed by atoms with Crippen LogP contribution in [0.2, 0.25) is 0 Å². The molecule has 0 spiro atoms. The maximum absolute atomic E-state index is 3.98. The molecule has 0 amide bonds. The molecule has 0 aliphatic carbocycles. The van der Waals surface area contributed by atoms with Crippen molar-refractivity contribution in [3.05, 3.63) is 55.0 Å². The third kappa shape index (κ3) is 2.11. The van der Waals surface area contributed by atoms with Crippen LogP contribution in [0.25, 0.3) is 10.8 Å². The second-order valence-corrected chi connectivity index (χ2v) is 4.32. The Labute approximate surface area is 98.3 Å². The van der Waals surface area contributed by atoms with Gasteiger partial charge in [0.15, 0.2) is 0 Å². The zero-order valence-electron chi connectivity index (χ0n) is 9.95. The molecule has 16 heavy (non-hydrogen) atoms. The van der Waals surface area contributed by atoms with Crippen LogP contribution in [0.1, 0.15) is 37.7 Å². The molecule has 0 N–H and O–H groups in total. The summed E-state index contributed by atoms with van der Waals surface area (Å²) in [6.07, 6.45) is 3.40. The number of fused-ring (bicyclic) bond motifs is 1. The first-order chi connectivity index (χ1) is 7.86. The first-order valence-electron chi connectivity index (χ1n) is 6.13. The quantitative estimate of drug-likeness (QED) is 0.671. The van der Waals surface area contributed by atoms with Crippen LogP contribution in [-0.2, 0) is 0 Å². The van der Waals surface area contributed by atoms with E-state index in [1.54, 1.807) is 0 Å². The molecule has 83 valence electrons. The van der Waals surface area contributed by atoms with E-state index in [1.165, 1.54) is 29.2 Å². The normalized spacial score (nSPS) is 12.9. The molecule has 0 bridgehead atoms. The van der Waals surface area contributed by atoms with Crippen LogP contribution in [0.5, 0.6) is 0 Å². The Balaban J connectivity index is 2.50. The Kier molecular flexibility index (Phi) is 3.61. The van der Waals surface area contributed by atoms with Crippen LogP contribution < -0.4 is 0 Å². The van der Waals surface area contributed by atoms with Crippen molar-refractivity contribution in [1.82, 2.24) is 0 Å². The van der Waals surface area contributed by atoms with Crippen LogP contribution in [-0.4, -0.2) is 0 Å². The Morgan fingerprint density at radius 2 is 1.81 bits per heavy atom. The van der Waals surface area contributed by atoms with Crippen LogP contribution in [0.3, 0.4) is 0 Å². The van der Waals surface area contributed by atoms with Gasteiger partial charge in [-0.2, -0.15) is 0 Å². The third-order valence-electron chi connectivity index (χ3n) is 3.31. The van der Waals surface area contributed by atoms with Crippen LogP contribution in [0.4, 0.5) is 0 Å². The molecular formula is C16H19. The minimum atomic E-state index is 0.656. The standard InChI is InChI=1S/C16H19/c1-3-8-13(4-2)15-12-7-10-14-9-5-6-11-16(14)15/h5-7,9-13H,1,3-4,8H2,2H3. The number of rotatable bonds is 4. The number of hydrogen-bond acceptors (Lipinski definition) is 0. The van der Waals surface area contributed by atoms with Gasteiger partial charge >= 0.3 is 0 Å². The lowest BCUT2D eigenvalue weighted by Gasteiger charge is -2.16. The Bertz CT molecular complexity index is 451. The third-order valence-corrected chi connectivity index (χ3v) is 3.31. The van der Waals surface area contributed by atoms with Gasteiger partial charge in [-0.05, 0) is 35.1 Å². The molecule has 1 atom stereocenters. The monoisotopic (exact) mass is 211 g/mol. The van der Waals surface area contributed by atoms with E-state index in [2.05, 4.69) is 56.3 Å². The van der Waals surface area contributed by atoms with Crippen molar-refractivity contribution in [2.24, 2.45) is 0 Å². The van der Waals surface area contributed by atoms with Gasteiger partial charge in [-0.25, -0.2) is 0 Å². The zero-order valence-corrected chi connectivity index (χ0v) is 9.95. The molecule has 0 saturated carbocycles. The smallest absolute Gasteiger partial charge is 0.0149 e. The van der Waals surface area contributed by atoms with Crippen molar-refractivity contribution < 1.29 is 0 Å². The van der Waals surface area contributed by atoms with Crippen LogP contribution in [0.15, 0.2) is 42.5 Å². The van der Waals surface area contributed by atoms with E-state index < -0.39 is 0 Å². The summed E-state index contributed by atoms with van der Waals surface area (Å²) in [5.41, 5.74) is 1.49. The van der Waals surface area contributed by atoms with Gasteiger partial charge in [0.2, 0.25) is 0 Å². The van der Waals surface area contributed by atoms with E-state index >= 15 is 0 Å². The molecular weight excluding hydrogens is 192 g/mol. The maximum Gasteiger partial charge on any atom is -0.0149 e. The molecule has 2 rings (SSSR count). The Hall–Kier alpha value is -1.30. The summed E-state index contributed by atoms with van der Waals surface area (Å²) >= 11 is 0. The summed E-state index contributed by atoms with van der Waals surface area (Å²) < 4.78 is 0. The second kappa shape index (κ2) is 5.16. The van der Waals surface area contributed by atoms with E-state index in [-0.39, 0.29) is 0 Å². The van der Waals surface area contributed by atoms with Gasteiger partial charge in [-0.15, -0.1) is 0 Å². The van der Waals surface area contributed by atoms with Gasteiger partial charge in [0.05, 0.1) is 0 Å². The predicted molar refractivity (Wildman–Crippen MR) is 71.6 cm³/mol. The first kappa shape index (κ1) is 11.2. The highest BCUT2D eigenvalue weighted by molar-refractivity contribution is 5.86.